The first-order chi connectivity index (χ1) is 30.2. The molecule has 3 heterocycles. The van der Waals surface area contributed by atoms with Crippen molar-refractivity contribution >= 4 is 92.8 Å². The summed E-state index contributed by atoms with van der Waals surface area (Å²) in [7, 11) is 0. The first kappa shape index (κ1) is 36.1. The van der Waals surface area contributed by atoms with Gasteiger partial charge in [-0.25, -0.2) is 9.98 Å². The monoisotopic (exact) mass is 815 g/mol. The van der Waals surface area contributed by atoms with Crippen LogP contribution in [0.25, 0.3) is 70.6 Å². The Morgan fingerprint density at radius 2 is 1.08 bits per heavy atom. The molecule has 298 valence electrons. The largest absolute Gasteiger partial charge is 0.309 e. The number of aromatic nitrogens is 1. The van der Waals surface area contributed by atoms with Gasteiger partial charge >= 0.3 is 0 Å². The molecule has 0 N–H and O–H groups in total. The van der Waals surface area contributed by atoms with E-state index in [2.05, 4.69) is 196 Å². The lowest BCUT2D eigenvalue weighted by atomic mass is 9.63. The predicted molar refractivity (Wildman–Crippen MR) is 267 cm³/mol. The first-order valence-electron chi connectivity index (χ1n) is 22.0. The third kappa shape index (κ3) is 5.23. The lowest BCUT2D eigenvalue weighted by Gasteiger charge is -2.42. The van der Waals surface area contributed by atoms with Crippen molar-refractivity contribution in [3.8, 4) is 5.69 Å². The normalized spacial score (nSPS) is 17.7. The molecule has 0 saturated carbocycles. The predicted octanol–water partition coefficient (Wildman–Crippen LogP) is 14.7. The highest BCUT2D eigenvalue weighted by Gasteiger charge is 2.39. The van der Waals surface area contributed by atoms with Gasteiger partial charge < -0.3 is 4.57 Å². The fraction of sp³-hybridized carbons (Fsp3) is 0.155. The van der Waals surface area contributed by atoms with Crippen LogP contribution in [0.1, 0.15) is 74.3 Å². The van der Waals surface area contributed by atoms with Gasteiger partial charge in [-0.1, -0.05) is 143 Å². The molecule has 0 saturated heterocycles. The number of aliphatic imine (C=N–C) groups is 2. The van der Waals surface area contributed by atoms with E-state index in [-0.39, 0.29) is 16.7 Å². The number of rotatable bonds is 3. The molecular weight excluding hydrogens is 771 g/mol. The summed E-state index contributed by atoms with van der Waals surface area (Å²) in [6.07, 6.45) is 2.34. The molecule has 1 atom stereocenters. The summed E-state index contributed by atoms with van der Waals surface area (Å²) in [5.74, 6) is 0.743. The number of benzene rings is 9. The second-order valence-corrected chi connectivity index (χ2v) is 20.2. The van der Waals surface area contributed by atoms with Crippen molar-refractivity contribution in [2.75, 3.05) is 0 Å². The van der Waals surface area contributed by atoms with Crippen LogP contribution >= 0.6 is 11.4 Å². The zero-order valence-corrected chi connectivity index (χ0v) is 36.3. The zero-order valence-electron chi connectivity index (χ0n) is 35.4. The molecule has 3 aliphatic rings. The van der Waals surface area contributed by atoms with Gasteiger partial charge in [0.25, 0.3) is 0 Å². The van der Waals surface area contributed by atoms with Gasteiger partial charge in [0, 0.05) is 32.2 Å². The van der Waals surface area contributed by atoms with Gasteiger partial charge in [-0.2, -0.15) is 0 Å². The van der Waals surface area contributed by atoms with Gasteiger partial charge in [0.05, 0.1) is 33.3 Å². The molecule has 1 aliphatic carbocycles. The van der Waals surface area contributed by atoms with E-state index in [0.29, 0.717) is 0 Å². The van der Waals surface area contributed by atoms with Crippen molar-refractivity contribution in [3.05, 3.63) is 192 Å². The summed E-state index contributed by atoms with van der Waals surface area (Å²) < 4.78 is 2.56. The number of nitrogens with zero attached hydrogens (tertiary/aromatic N) is 3. The average molecular weight is 816 g/mol. The van der Waals surface area contributed by atoms with Gasteiger partial charge in [-0.05, 0) is 127 Å². The maximum absolute atomic E-state index is 5.74. The highest BCUT2D eigenvalue weighted by Crippen LogP contribution is 2.50. The minimum absolute atomic E-state index is 0.0227. The van der Waals surface area contributed by atoms with Crippen LogP contribution in [-0.4, -0.2) is 21.1 Å². The molecule has 1 aromatic heterocycles. The first-order valence-corrected chi connectivity index (χ1v) is 22.9. The maximum atomic E-state index is 5.74. The number of hydrogen-bond donors (Lipinski definition) is 1. The van der Waals surface area contributed by atoms with Crippen LogP contribution in [0.3, 0.4) is 0 Å². The van der Waals surface area contributed by atoms with Crippen molar-refractivity contribution in [2.24, 2.45) is 9.98 Å². The van der Waals surface area contributed by atoms with E-state index in [1.165, 1.54) is 98.5 Å². The van der Waals surface area contributed by atoms with E-state index in [0.717, 1.165) is 45.6 Å². The van der Waals surface area contributed by atoms with Crippen molar-refractivity contribution in [1.29, 1.82) is 0 Å². The van der Waals surface area contributed by atoms with Crippen LogP contribution in [-0.2, 0) is 10.8 Å². The topological polar surface area (TPSA) is 29.6 Å². The lowest BCUT2D eigenvalue weighted by molar-refractivity contribution is 0.332. The van der Waals surface area contributed by atoms with Crippen LogP contribution < -0.4 is 0 Å². The molecule has 0 amide bonds. The number of thiol groups is 1. The fourth-order valence-corrected chi connectivity index (χ4v) is 12.3. The van der Waals surface area contributed by atoms with E-state index in [4.69, 9.17) is 9.98 Å². The number of hydrogen-bond acceptors (Lipinski definition) is 2. The molecule has 2 aliphatic heterocycles. The Bertz CT molecular complexity index is 3710. The van der Waals surface area contributed by atoms with Gasteiger partial charge in [0.2, 0.25) is 0 Å². The highest BCUT2D eigenvalue weighted by atomic mass is 32.1. The van der Waals surface area contributed by atoms with Gasteiger partial charge in [-0.3, -0.25) is 0 Å². The molecule has 9 aromatic carbocycles. The molecule has 0 radical (unpaired) electrons. The summed E-state index contributed by atoms with van der Waals surface area (Å²) in [5, 5.41) is 12.4. The van der Waals surface area contributed by atoms with E-state index in [9.17, 15) is 0 Å². The third-order valence-corrected chi connectivity index (χ3v) is 15.7. The molecule has 1 unspecified atom stereocenters. The van der Waals surface area contributed by atoms with Gasteiger partial charge in [-0.15, -0.1) is 11.4 Å². The van der Waals surface area contributed by atoms with Crippen molar-refractivity contribution in [2.45, 2.75) is 62.2 Å². The van der Waals surface area contributed by atoms with Crippen LogP contribution in [0.5, 0.6) is 0 Å². The van der Waals surface area contributed by atoms with E-state index in [1.54, 1.807) is 0 Å². The van der Waals surface area contributed by atoms with Crippen molar-refractivity contribution in [1.82, 2.24) is 4.57 Å². The highest BCUT2D eigenvalue weighted by molar-refractivity contribution is 7.99. The molecular formula is C58H45N3S. The Morgan fingerprint density at radius 3 is 1.85 bits per heavy atom. The quantitative estimate of drug-likeness (QED) is 0.105. The van der Waals surface area contributed by atoms with E-state index in [1.807, 2.05) is 0 Å². The Labute approximate surface area is 365 Å². The number of amidine groups is 1. The van der Waals surface area contributed by atoms with Crippen molar-refractivity contribution < 1.29 is 0 Å². The molecule has 10 aromatic rings. The Balaban J connectivity index is 1.11. The van der Waals surface area contributed by atoms with E-state index >= 15 is 0 Å². The van der Waals surface area contributed by atoms with Crippen LogP contribution in [0, 0.1) is 0 Å². The molecule has 0 bridgehead atoms. The number of fused-ring (bicyclic) bond motifs is 12. The molecule has 3 nitrogen and oxygen atoms in total. The Morgan fingerprint density at radius 1 is 0.500 bits per heavy atom. The average Bonchev–Trinajstić information content (AvgIpc) is 3.83. The van der Waals surface area contributed by atoms with Crippen LogP contribution in [0.2, 0.25) is 0 Å². The van der Waals surface area contributed by atoms with E-state index < -0.39 is 0 Å². The smallest absolute Gasteiger partial charge is 0.160 e. The third-order valence-electron chi connectivity index (χ3n) is 14.4. The SMILES string of the molecule is CC1(C)CCC(C)(C)c2cc3c(cc21)c1cc2ccccc2cc1n3-c1cc(C2=NC3=[SH]c4ccccc4C3C(c3cc4ccccc4c4ccccc34)=N2)cc2ccccc12. The second-order valence-electron chi connectivity index (χ2n) is 19.0. The summed E-state index contributed by atoms with van der Waals surface area (Å²) in [6, 6.07) is 61.1. The van der Waals surface area contributed by atoms with Crippen molar-refractivity contribution in [3.63, 3.8) is 0 Å². The molecule has 4 heteroatoms. The zero-order chi connectivity index (χ0) is 41.5. The lowest BCUT2D eigenvalue weighted by Crippen LogP contribution is -2.33. The summed E-state index contributed by atoms with van der Waals surface area (Å²) >= 11 is 1.14. The van der Waals surface area contributed by atoms with Crippen LogP contribution in [0.4, 0.5) is 0 Å². The molecule has 62 heavy (non-hydrogen) atoms. The second kappa shape index (κ2) is 13.0. The summed E-state index contributed by atoms with van der Waals surface area (Å²) in [6.45, 7) is 9.74. The maximum Gasteiger partial charge on any atom is 0.160 e. The van der Waals surface area contributed by atoms with Gasteiger partial charge in [0.15, 0.2) is 5.84 Å². The Kier molecular flexibility index (Phi) is 7.54. The fourth-order valence-electron chi connectivity index (χ4n) is 11.1. The Hall–Kier alpha value is -6.62. The molecule has 0 fully saturated rings. The van der Waals surface area contributed by atoms with Gasteiger partial charge in [0.1, 0.15) is 0 Å². The standard InChI is InChI=1S/C58H45N3S/c1-57(2)25-26-58(3,4)48-33-51-45(32-47(48)57)44-28-34-15-5-6-16-35(34)30-50(44)61(51)49-31-38(27-36-17-8-10-20-40(36)49)55-59-54(53-43-23-13-14-24-52(43)62-56(53)60-55)46-29-37-18-7-9-19-39(37)41-21-11-12-22-42(41)46/h5-24,27-33,53,62H,25-26H2,1-4H3. The summed E-state index contributed by atoms with van der Waals surface area (Å²) in [4.78, 5) is 13.7. The molecule has 0 spiro atoms. The molecule has 13 rings (SSSR count). The minimum Gasteiger partial charge on any atom is -0.309 e. The summed E-state index contributed by atoms with van der Waals surface area (Å²) in [5.41, 5.74) is 11.3. The minimum atomic E-state index is -0.0227. The van der Waals surface area contributed by atoms with Crippen LogP contribution in [0.15, 0.2) is 179 Å².